The van der Waals surface area contributed by atoms with Crippen molar-refractivity contribution < 1.29 is 9.36 Å². The highest BCUT2D eigenvalue weighted by atomic mass is 31.2. The van der Waals surface area contributed by atoms with Crippen molar-refractivity contribution in [3.63, 3.8) is 0 Å². The number of hydrogen-bond donors (Lipinski definition) is 1. The van der Waals surface area contributed by atoms with Crippen LogP contribution in [0.25, 0.3) is 32.7 Å². The molecule has 0 saturated carbocycles. The summed E-state index contributed by atoms with van der Waals surface area (Å²) in [6, 6.07) is 42.8. The largest absolute Gasteiger partial charge is 0.366 e. The lowest BCUT2D eigenvalue weighted by Gasteiger charge is -2.25. The molecule has 6 rings (SSSR count). The van der Waals surface area contributed by atoms with Crippen molar-refractivity contribution in [2.75, 3.05) is 0 Å². The van der Waals surface area contributed by atoms with Crippen LogP contribution in [0, 0.1) is 0 Å². The summed E-state index contributed by atoms with van der Waals surface area (Å²) in [7, 11) is -3.36. The first kappa shape index (κ1) is 23.0. The lowest BCUT2D eigenvalue weighted by atomic mass is 9.90. The average molecular weight is 498 g/mol. The Morgan fingerprint density at radius 3 is 1.51 bits per heavy atom. The monoisotopic (exact) mass is 497 g/mol. The van der Waals surface area contributed by atoms with Crippen molar-refractivity contribution in [1.82, 2.24) is 0 Å². The van der Waals surface area contributed by atoms with E-state index in [2.05, 4.69) is 0 Å². The summed E-state index contributed by atoms with van der Waals surface area (Å²) in [5.41, 5.74) is 7.86. The zero-order valence-electron chi connectivity index (χ0n) is 20.0. The minimum absolute atomic E-state index is 0.406. The fraction of sp³-hybridized carbons (Fsp3) is 0. The summed E-state index contributed by atoms with van der Waals surface area (Å²) in [6.45, 7) is 0. The Balaban J connectivity index is 1.84. The molecule has 3 nitrogen and oxygen atoms in total. The molecule has 6 aromatic carbocycles. The quantitative estimate of drug-likeness (QED) is 0.280. The second-order valence-electron chi connectivity index (χ2n) is 9.03. The molecular weight excluding hydrogens is 473 g/mol. The number of hydrogen-bond acceptors (Lipinski definition) is 2. The van der Waals surface area contributed by atoms with E-state index in [1.54, 1.807) is 6.07 Å². The Morgan fingerprint density at radius 1 is 0.514 bits per heavy atom. The van der Waals surface area contributed by atoms with Gasteiger partial charge in [-0.15, -0.1) is 0 Å². The minimum atomic E-state index is -3.36. The second-order valence-corrected chi connectivity index (χ2v) is 11.8. The van der Waals surface area contributed by atoms with E-state index in [1.165, 1.54) is 0 Å². The van der Waals surface area contributed by atoms with Crippen LogP contribution in [0.3, 0.4) is 0 Å². The summed E-state index contributed by atoms with van der Waals surface area (Å²) >= 11 is 0. The molecule has 0 fully saturated rings. The summed E-state index contributed by atoms with van der Waals surface area (Å²) in [5, 5.41) is 5.95. The van der Waals surface area contributed by atoms with Crippen LogP contribution in [0.4, 0.5) is 0 Å². The molecular formula is C33H24NO2P. The lowest BCUT2D eigenvalue weighted by Crippen LogP contribution is -2.27. The fourth-order valence-electron chi connectivity index (χ4n) is 5.23. The van der Waals surface area contributed by atoms with E-state index in [9.17, 15) is 4.79 Å². The topological polar surface area (TPSA) is 60.2 Å². The van der Waals surface area contributed by atoms with Gasteiger partial charge in [0.05, 0.1) is 0 Å². The third-order valence-electron chi connectivity index (χ3n) is 6.93. The van der Waals surface area contributed by atoms with Gasteiger partial charge in [0.25, 0.3) is 0 Å². The standard InChI is InChI=1S/C33H24NO2P/c34-33(35)29-21-19-23-11-7-9-17-27(23)31(29)32-28-18-10-8-12-24(28)20-22-30(32)37(36,25-13-3-1-4-14-25)26-15-5-2-6-16-26/h1-22H,(H2,34,35). The normalized spacial score (nSPS) is 11.6. The molecule has 178 valence electrons. The number of nitrogens with two attached hydrogens (primary N) is 1. The highest BCUT2D eigenvalue weighted by Crippen LogP contribution is 2.48. The van der Waals surface area contributed by atoms with Gasteiger partial charge >= 0.3 is 0 Å². The molecule has 6 aromatic rings. The molecule has 0 spiro atoms. The molecule has 0 atom stereocenters. The number of benzene rings is 6. The molecule has 0 heterocycles. The van der Waals surface area contributed by atoms with Gasteiger partial charge < -0.3 is 10.3 Å². The molecule has 0 saturated heterocycles. The molecule has 1 amide bonds. The Labute approximate surface area is 215 Å². The fourth-order valence-corrected chi connectivity index (χ4v) is 8.10. The van der Waals surface area contributed by atoms with Crippen LogP contribution < -0.4 is 21.6 Å². The molecule has 0 unspecified atom stereocenters. The van der Waals surface area contributed by atoms with Crippen molar-refractivity contribution >= 4 is 50.5 Å². The highest BCUT2D eigenvalue weighted by Gasteiger charge is 2.34. The van der Waals surface area contributed by atoms with E-state index in [0.29, 0.717) is 16.4 Å². The van der Waals surface area contributed by atoms with Crippen LogP contribution in [0.5, 0.6) is 0 Å². The zero-order chi connectivity index (χ0) is 25.4. The van der Waals surface area contributed by atoms with E-state index in [-0.39, 0.29) is 0 Å². The number of fused-ring (bicyclic) bond motifs is 2. The van der Waals surface area contributed by atoms with Gasteiger partial charge in [0.2, 0.25) is 5.91 Å². The molecule has 0 aromatic heterocycles. The number of carbonyl (C=O) groups excluding carboxylic acids is 1. The van der Waals surface area contributed by atoms with Crippen molar-refractivity contribution in [2.24, 2.45) is 5.73 Å². The van der Waals surface area contributed by atoms with Gasteiger partial charge in [-0.25, -0.2) is 0 Å². The summed E-state index contributed by atoms with van der Waals surface area (Å²) < 4.78 is 15.6. The second kappa shape index (κ2) is 9.20. The molecule has 0 radical (unpaired) electrons. The zero-order valence-corrected chi connectivity index (χ0v) is 20.9. The van der Waals surface area contributed by atoms with Gasteiger partial charge in [0, 0.05) is 32.6 Å². The smallest absolute Gasteiger partial charge is 0.249 e. The molecule has 0 bridgehead atoms. The molecule has 0 aliphatic heterocycles. The maximum atomic E-state index is 15.6. The summed E-state index contributed by atoms with van der Waals surface area (Å²) in [5.74, 6) is -0.520. The van der Waals surface area contributed by atoms with Gasteiger partial charge in [-0.1, -0.05) is 121 Å². The Bertz CT molecular complexity index is 1790. The predicted molar refractivity (Wildman–Crippen MR) is 155 cm³/mol. The Hall–Kier alpha value is -4.46. The first-order chi connectivity index (χ1) is 18.1. The van der Waals surface area contributed by atoms with Crippen LogP contribution >= 0.6 is 7.14 Å². The van der Waals surface area contributed by atoms with E-state index in [0.717, 1.165) is 37.7 Å². The molecule has 0 aliphatic carbocycles. The molecule has 0 aliphatic rings. The SMILES string of the molecule is NC(=O)c1ccc2ccccc2c1-c1c(P(=O)(c2ccccc2)c2ccccc2)ccc2ccccc12. The first-order valence-electron chi connectivity index (χ1n) is 12.1. The van der Waals surface area contributed by atoms with Crippen LogP contribution in [0.1, 0.15) is 10.4 Å². The molecule has 37 heavy (non-hydrogen) atoms. The van der Waals surface area contributed by atoms with Crippen LogP contribution in [0.2, 0.25) is 0 Å². The van der Waals surface area contributed by atoms with Crippen molar-refractivity contribution in [3.8, 4) is 11.1 Å². The van der Waals surface area contributed by atoms with Crippen molar-refractivity contribution in [3.05, 3.63) is 139 Å². The van der Waals surface area contributed by atoms with Crippen molar-refractivity contribution in [2.45, 2.75) is 0 Å². The Morgan fingerprint density at radius 2 is 0.973 bits per heavy atom. The van der Waals surface area contributed by atoms with Gasteiger partial charge in [0.1, 0.15) is 0 Å². The minimum Gasteiger partial charge on any atom is -0.366 e. The van der Waals surface area contributed by atoms with Crippen LogP contribution in [-0.2, 0) is 4.57 Å². The van der Waals surface area contributed by atoms with E-state index in [4.69, 9.17) is 5.73 Å². The maximum Gasteiger partial charge on any atom is 0.249 e. The highest BCUT2D eigenvalue weighted by molar-refractivity contribution is 7.85. The number of primary amides is 1. The van der Waals surface area contributed by atoms with Gasteiger partial charge in [0.15, 0.2) is 7.14 Å². The third kappa shape index (κ3) is 3.76. The summed E-state index contributed by atoms with van der Waals surface area (Å²) in [6.07, 6.45) is 0. The van der Waals surface area contributed by atoms with E-state index >= 15 is 4.57 Å². The first-order valence-corrected chi connectivity index (χ1v) is 13.9. The Kier molecular flexibility index (Phi) is 5.71. The van der Waals surface area contributed by atoms with Gasteiger partial charge in [-0.05, 0) is 33.7 Å². The van der Waals surface area contributed by atoms with Crippen LogP contribution in [0.15, 0.2) is 133 Å². The summed E-state index contributed by atoms with van der Waals surface area (Å²) in [4.78, 5) is 12.8. The van der Waals surface area contributed by atoms with Gasteiger partial charge in [-0.3, -0.25) is 4.79 Å². The number of amides is 1. The van der Waals surface area contributed by atoms with E-state index < -0.39 is 13.0 Å². The van der Waals surface area contributed by atoms with E-state index in [1.807, 2.05) is 127 Å². The maximum absolute atomic E-state index is 15.6. The van der Waals surface area contributed by atoms with Crippen LogP contribution in [-0.4, -0.2) is 5.91 Å². The van der Waals surface area contributed by atoms with Gasteiger partial charge in [-0.2, -0.15) is 0 Å². The molecule has 2 N–H and O–H groups in total. The lowest BCUT2D eigenvalue weighted by molar-refractivity contribution is 0.100. The third-order valence-corrected chi connectivity index (χ3v) is 10.0. The predicted octanol–water partition coefficient (Wildman–Crippen LogP) is 6.40. The molecule has 4 heteroatoms. The number of carbonyl (C=O) groups is 1. The number of rotatable bonds is 5. The van der Waals surface area contributed by atoms with Crippen molar-refractivity contribution in [1.29, 1.82) is 0 Å². The average Bonchev–Trinajstić information content (AvgIpc) is 2.96.